The van der Waals surface area contributed by atoms with Gasteiger partial charge >= 0.3 is 0 Å². The Kier molecular flexibility index (Phi) is 3.71. The van der Waals surface area contributed by atoms with Crippen molar-refractivity contribution in [2.24, 2.45) is 0 Å². The summed E-state index contributed by atoms with van der Waals surface area (Å²) in [5, 5.41) is 6.83. The molecule has 2 rings (SSSR count). The fourth-order valence-electron chi connectivity index (χ4n) is 1.34. The van der Waals surface area contributed by atoms with E-state index in [0.29, 0.717) is 17.9 Å². The number of nitrogens with zero attached hydrogens (tertiary/aromatic N) is 2. The zero-order valence-corrected chi connectivity index (χ0v) is 9.96. The number of hydrogen-bond acceptors (Lipinski definition) is 4. The van der Waals surface area contributed by atoms with Crippen LogP contribution in [0.5, 0.6) is 0 Å². The van der Waals surface area contributed by atoms with Crippen LogP contribution < -0.4 is 5.32 Å². The highest BCUT2D eigenvalue weighted by atomic mass is 35.5. The summed E-state index contributed by atoms with van der Waals surface area (Å²) < 4.78 is 18.3. The van der Waals surface area contributed by atoms with Gasteiger partial charge in [0.05, 0.1) is 17.1 Å². The predicted octanol–water partition coefficient (Wildman–Crippen LogP) is 2.64. The summed E-state index contributed by atoms with van der Waals surface area (Å²) in [4.78, 5) is 4.13. The fourth-order valence-corrected chi connectivity index (χ4v) is 1.55. The molecular formula is C11H11ClFN3O. The first-order chi connectivity index (χ1) is 8.22. The summed E-state index contributed by atoms with van der Waals surface area (Å²) in [6.07, 6.45) is 0. The monoisotopic (exact) mass is 255 g/mol. The molecular weight excluding hydrogens is 245 g/mol. The van der Waals surface area contributed by atoms with Gasteiger partial charge in [-0.05, 0) is 18.7 Å². The van der Waals surface area contributed by atoms with Crippen molar-refractivity contribution in [2.75, 3.05) is 6.54 Å². The first-order valence-electron chi connectivity index (χ1n) is 5.20. The molecule has 0 spiro atoms. The molecule has 1 aromatic heterocycles. The van der Waals surface area contributed by atoms with Crippen molar-refractivity contribution in [3.05, 3.63) is 34.9 Å². The zero-order valence-electron chi connectivity index (χ0n) is 9.20. The van der Waals surface area contributed by atoms with Crippen LogP contribution in [0.1, 0.15) is 12.7 Å². The summed E-state index contributed by atoms with van der Waals surface area (Å²) >= 11 is 5.82. The van der Waals surface area contributed by atoms with Crippen molar-refractivity contribution in [3.63, 3.8) is 0 Å². The van der Waals surface area contributed by atoms with Crippen LogP contribution in [0.3, 0.4) is 0 Å². The van der Waals surface area contributed by atoms with Crippen LogP contribution in [-0.4, -0.2) is 16.7 Å². The molecule has 90 valence electrons. The van der Waals surface area contributed by atoms with Crippen LogP contribution in [0.2, 0.25) is 5.02 Å². The molecule has 0 aliphatic heterocycles. The topological polar surface area (TPSA) is 51.0 Å². The molecule has 1 aromatic carbocycles. The Labute approximate surface area is 103 Å². The van der Waals surface area contributed by atoms with E-state index in [-0.39, 0.29) is 10.9 Å². The van der Waals surface area contributed by atoms with E-state index < -0.39 is 5.82 Å². The lowest BCUT2D eigenvalue weighted by molar-refractivity contribution is 0.419. The Hall–Kier alpha value is -1.46. The molecule has 1 N–H and O–H groups in total. The molecule has 0 unspecified atom stereocenters. The van der Waals surface area contributed by atoms with Gasteiger partial charge in [-0.3, -0.25) is 0 Å². The number of rotatable bonds is 4. The van der Waals surface area contributed by atoms with E-state index in [9.17, 15) is 4.39 Å². The molecule has 6 heteroatoms. The average molecular weight is 256 g/mol. The number of nitrogens with one attached hydrogen (secondary N) is 1. The normalized spacial score (nSPS) is 10.8. The lowest BCUT2D eigenvalue weighted by Crippen LogP contribution is -2.12. The second-order valence-electron chi connectivity index (χ2n) is 3.40. The number of hydrogen-bond donors (Lipinski definition) is 1. The van der Waals surface area contributed by atoms with Crippen LogP contribution in [0.4, 0.5) is 4.39 Å². The smallest absolute Gasteiger partial charge is 0.259 e. The summed E-state index contributed by atoms with van der Waals surface area (Å²) in [6.45, 7) is 3.29. The van der Waals surface area contributed by atoms with Crippen molar-refractivity contribution in [3.8, 4) is 11.5 Å². The highest BCUT2D eigenvalue weighted by Gasteiger charge is 2.14. The summed E-state index contributed by atoms with van der Waals surface area (Å²) in [5.41, 5.74) is 0.405. The van der Waals surface area contributed by atoms with Crippen molar-refractivity contribution >= 4 is 11.6 Å². The molecule has 17 heavy (non-hydrogen) atoms. The zero-order chi connectivity index (χ0) is 12.3. The summed E-state index contributed by atoms with van der Waals surface area (Å²) in [5.74, 6) is 0.236. The van der Waals surface area contributed by atoms with Gasteiger partial charge in [-0.15, -0.1) is 0 Å². The van der Waals surface area contributed by atoms with Gasteiger partial charge in [0.25, 0.3) is 5.89 Å². The Morgan fingerprint density at radius 3 is 3.06 bits per heavy atom. The minimum atomic E-state index is -0.504. The number of benzene rings is 1. The highest BCUT2D eigenvalue weighted by molar-refractivity contribution is 6.33. The molecule has 4 nitrogen and oxygen atoms in total. The Morgan fingerprint density at radius 1 is 1.47 bits per heavy atom. The van der Waals surface area contributed by atoms with Gasteiger partial charge in [0.1, 0.15) is 5.82 Å². The second kappa shape index (κ2) is 5.25. The van der Waals surface area contributed by atoms with Crippen LogP contribution >= 0.6 is 11.6 Å². The first kappa shape index (κ1) is 12.0. The lowest BCUT2D eigenvalue weighted by atomic mass is 10.2. The summed E-state index contributed by atoms with van der Waals surface area (Å²) in [7, 11) is 0. The molecule has 0 aliphatic rings. The van der Waals surface area contributed by atoms with Crippen molar-refractivity contribution in [2.45, 2.75) is 13.5 Å². The maximum Gasteiger partial charge on any atom is 0.259 e. The van der Waals surface area contributed by atoms with E-state index in [1.54, 1.807) is 12.1 Å². The van der Waals surface area contributed by atoms with Crippen molar-refractivity contribution < 1.29 is 8.91 Å². The van der Waals surface area contributed by atoms with Gasteiger partial charge in [0.2, 0.25) is 0 Å². The molecule has 0 amide bonds. The maximum absolute atomic E-state index is 13.2. The third-order valence-electron chi connectivity index (χ3n) is 2.18. The van der Waals surface area contributed by atoms with Gasteiger partial charge in [-0.25, -0.2) is 4.39 Å². The third-order valence-corrected chi connectivity index (χ3v) is 2.57. The maximum atomic E-state index is 13.2. The van der Waals surface area contributed by atoms with Crippen LogP contribution in [0.25, 0.3) is 11.5 Å². The van der Waals surface area contributed by atoms with Gasteiger partial charge in [-0.1, -0.05) is 29.7 Å². The standard InChI is InChI=1S/C11H11ClFN3O/c1-2-14-6-9-15-11(17-16-9)7-4-3-5-8(13)10(7)12/h3-5,14H,2,6H2,1H3. The highest BCUT2D eigenvalue weighted by Crippen LogP contribution is 2.28. The largest absolute Gasteiger partial charge is 0.334 e. The Balaban J connectivity index is 2.27. The Bertz CT molecular complexity index is 515. The SMILES string of the molecule is CCNCc1noc(-c2cccc(F)c2Cl)n1. The lowest BCUT2D eigenvalue weighted by Gasteiger charge is -1.98. The quantitative estimate of drug-likeness (QED) is 0.913. The van der Waals surface area contributed by atoms with Crippen LogP contribution in [0, 0.1) is 5.82 Å². The third kappa shape index (κ3) is 2.62. The second-order valence-corrected chi connectivity index (χ2v) is 3.78. The molecule has 1 heterocycles. The van der Waals surface area contributed by atoms with Gasteiger partial charge in [0, 0.05) is 0 Å². The van der Waals surface area contributed by atoms with Crippen molar-refractivity contribution in [1.29, 1.82) is 0 Å². The van der Waals surface area contributed by atoms with E-state index in [0.717, 1.165) is 6.54 Å². The minimum absolute atomic E-state index is 0.00819. The number of halogens is 2. The molecule has 0 radical (unpaired) electrons. The van der Waals surface area contributed by atoms with Crippen LogP contribution in [0.15, 0.2) is 22.7 Å². The minimum Gasteiger partial charge on any atom is -0.334 e. The molecule has 0 fully saturated rings. The molecule has 0 saturated heterocycles. The summed E-state index contributed by atoms with van der Waals surface area (Å²) in [6, 6.07) is 4.46. The predicted molar refractivity (Wildman–Crippen MR) is 62.1 cm³/mol. The fraction of sp³-hybridized carbons (Fsp3) is 0.273. The van der Waals surface area contributed by atoms with E-state index in [4.69, 9.17) is 16.1 Å². The van der Waals surface area contributed by atoms with Gasteiger partial charge in [-0.2, -0.15) is 4.98 Å². The van der Waals surface area contributed by atoms with E-state index in [1.807, 2.05) is 6.92 Å². The first-order valence-corrected chi connectivity index (χ1v) is 5.58. The van der Waals surface area contributed by atoms with Crippen LogP contribution in [-0.2, 0) is 6.54 Å². The van der Waals surface area contributed by atoms with Gasteiger partial charge in [0.15, 0.2) is 5.82 Å². The number of aromatic nitrogens is 2. The average Bonchev–Trinajstić information content (AvgIpc) is 2.78. The van der Waals surface area contributed by atoms with E-state index >= 15 is 0 Å². The molecule has 0 atom stereocenters. The molecule has 0 aliphatic carbocycles. The van der Waals surface area contributed by atoms with E-state index in [2.05, 4.69) is 15.5 Å². The van der Waals surface area contributed by atoms with E-state index in [1.165, 1.54) is 6.07 Å². The molecule has 2 aromatic rings. The van der Waals surface area contributed by atoms with Crippen molar-refractivity contribution in [1.82, 2.24) is 15.5 Å². The molecule has 0 bridgehead atoms. The van der Waals surface area contributed by atoms with Gasteiger partial charge < -0.3 is 9.84 Å². The molecule has 0 saturated carbocycles. The Morgan fingerprint density at radius 2 is 2.29 bits per heavy atom.